The summed E-state index contributed by atoms with van der Waals surface area (Å²) in [6, 6.07) is 8.78. The van der Waals surface area contributed by atoms with Crippen LogP contribution in [0.3, 0.4) is 0 Å². The number of carbonyl (C=O) groups excluding carboxylic acids is 1. The van der Waals surface area contributed by atoms with E-state index in [1.165, 1.54) is 0 Å². The highest BCUT2D eigenvalue weighted by atomic mass is 16.2. The number of aryl methyl sites for hydroxylation is 1. The molecule has 2 aromatic rings. The zero-order valence-corrected chi connectivity index (χ0v) is 13.4. The van der Waals surface area contributed by atoms with Crippen LogP contribution in [0, 0.1) is 11.3 Å². The highest BCUT2D eigenvalue weighted by Gasteiger charge is 2.26. The maximum absolute atomic E-state index is 12.3. The van der Waals surface area contributed by atoms with Crippen molar-refractivity contribution in [3.8, 4) is 6.07 Å². The van der Waals surface area contributed by atoms with Crippen molar-refractivity contribution in [1.29, 1.82) is 5.26 Å². The predicted octanol–water partition coefficient (Wildman–Crippen LogP) is 1.68. The van der Waals surface area contributed by atoms with Gasteiger partial charge in [-0.25, -0.2) is 9.48 Å². The van der Waals surface area contributed by atoms with E-state index in [-0.39, 0.29) is 11.9 Å². The molecule has 3 rings (SSSR count). The first kappa shape index (κ1) is 15.8. The molecular formula is C16H19N7O. The van der Waals surface area contributed by atoms with Crippen LogP contribution in [0.4, 0.5) is 16.4 Å². The van der Waals surface area contributed by atoms with Gasteiger partial charge in [-0.05, 0) is 31.0 Å². The van der Waals surface area contributed by atoms with Crippen LogP contribution in [0.15, 0.2) is 24.3 Å². The number of urea groups is 1. The fourth-order valence-electron chi connectivity index (χ4n) is 2.80. The lowest BCUT2D eigenvalue weighted by Crippen LogP contribution is -2.40. The Balaban J connectivity index is 1.58. The number of hydrogen-bond acceptors (Lipinski definition) is 5. The monoisotopic (exact) mass is 325 g/mol. The molecule has 1 aliphatic heterocycles. The molecule has 0 unspecified atom stereocenters. The zero-order valence-electron chi connectivity index (χ0n) is 13.4. The highest BCUT2D eigenvalue weighted by molar-refractivity contribution is 5.89. The quantitative estimate of drug-likeness (QED) is 0.872. The van der Waals surface area contributed by atoms with Crippen molar-refractivity contribution >= 4 is 17.7 Å². The minimum absolute atomic E-state index is 0.156. The van der Waals surface area contributed by atoms with Gasteiger partial charge in [0.25, 0.3) is 0 Å². The van der Waals surface area contributed by atoms with Crippen LogP contribution in [-0.2, 0) is 7.05 Å². The number of benzene rings is 1. The summed E-state index contributed by atoms with van der Waals surface area (Å²) in [5, 5.41) is 16.1. The Labute approximate surface area is 139 Å². The van der Waals surface area contributed by atoms with E-state index in [2.05, 4.69) is 21.5 Å². The van der Waals surface area contributed by atoms with Gasteiger partial charge in [0.2, 0.25) is 5.95 Å². The van der Waals surface area contributed by atoms with E-state index >= 15 is 0 Å². The SMILES string of the molecule is Cn1nc(C2CCN(C(=O)Nc3cccc(C#N)c3)CC2)nc1N. The summed E-state index contributed by atoms with van der Waals surface area (Å²) in [5.41, 5.74) is 6.87. The van der Waals surface area contributed by atoms with Gasteiger partial charge in [-0.2, -0.15) is 15.3 Å². The first-order valence-corrected chi connectivity index (χ1v) is 7.79. The highest BCUT2D eigenvalue weighted by Crippen LogP contribution is 2.26. The van der Waals surface area contributed by atoms with E-state index in [1.54, 1.807) is 40.9 Å². The predicted molar refractivity (Wildman–Crippen MR) is 89.1 cm³/mol. The lowest BCUT2D eigenvalue weighted by Gasteiger charge is -2.30. The molecule has 2 amide bonds. The molecule has 0 atom stereocenters. The van der Waals surface area contributed by atoms with Crippen LogP contribution in [0.5, 0.6) is 0 Å². The van der Waals surface area contributed by atoms with E-state index in [0.29, 0.717) is 30.3 Å². The fraction of sp³-hybridized carbons (Fsp3) is 0.375. The zero-order chi connectivity index (χ0) is 17.1. The number of anilines is 2. The van der Waals surface area contributed by atoms with Crippen LogP contribution in [0.1, 0.15) is 30.1 Å². The van der Waals surface area contributed by atoms with Gasteiger partial charge in [0.15, 0.2) is 5.82 Å². The van der Waals surface area contributed by atoms with E-state index < -0.39 is 0 Å². The second-order valence-corrected chi connectivity index (χ2v) is 5.84. The number of nitrogen functional groups attached to an aromatic ring is 1. The Morgan fingerprint density at radius 3 is 2.79 bits per heavy atom. The number of aromatic nitrogens is 3. The second kappa shape index (κ2) is 6.58. The number of nitrogens with zero attached hydrogens (tertiary/aromatic N) is 5. The average Bonchev–Trinajstić information content (AvgIpc) is 2.94. The number of hydrogen-bond donors (Lipinski definition) is 2. The fourth-order valence-corrected chi connectivity index (χ4v) is 2.80. The third-order valence-corrected chi connectivity index (χ3v) is 4.20. The van der Waals surface area contributed by atoms with Crippen molar-refractivity contribution < 1.29 is 4.79 Å². The molecule has 0 aliphatic carbocycles. The first-order chi connectivity index (χ1) is 11.6. The van der Waals surface area contributed by atoms with Gasteiger partial charge in [-0.15, -0.1) is 0 Å². The molecule has 1 fully saturated rings. The number of likely N-dealkylation sites (tertiary alicyclic amines) is 1. The van der Waals surface area contributed by atoms with Crippen LogP contribution in [0.2, 0.25) is 0 Å². The van der Waals surface area contributed by atoms with Crippen molar-refractivity contribution in [3.63, 3.8) is 0 Å². The van der Waals surface area contributed by atoms with Gasteiger partial charge >= 0.3 is 6.03 Å². The Morgan fingerprint density at radius 1 is 1.42 bits per heavy atom. The number of nitrogens with two attached hydrogens (primary N) is 1. The van der Waals surface area contributed by atoms with Crippen molar-refractivity contribution in [1.82, 2.24) is 19.7 Å². The molecule has 1 aromatic carbocycles. The summed E-state index contributed by atoms with van der Waals surface area (Å²) in [5.74, 6) is 1.37. The molecule has 24 heavy (non-hydrogen) atoms. The van der Waals surface area contributed by atoms with Crippen molar-refractivity contribution in [2.75, 3.05) is 24.1 Å². The van der Waals surface area contributed by atoms with E-state index in [0.717, 1.165) is 18.7 Å². The summed E-state index contributed by atoms with van der Waals surface area (Å²) in [7, 11) is 1.77. The van der Waals surface area contributed by atoms with Gasteiger partial charge in [0.05, 0.1) is 11.6 Å². The van der Waals surface area contributed by atoms with Gasteiger partial charge in [-0.1, -0.05) is 6.07 Å². The summed E-state index contributed by atoms with van der Waals surface area (Å²) in [4.78, 5) is 18.4. The van der Waals surface area contributed by atoms with Crippen molar-refractivity contribution in [2.45, 2.75) is 18.8 Å². The van der Waals surface area contributed by atoms with E-state index in [9.17, 15) is 4.79 Å². The summed E-state index contributed by atoms with van der Waals surface area (Å²) in [6.45, 7) is 1.26. The molecule has 8 nitrogen and oxygen atoms in total. The minimum atomic E-state index is -0.156. The van der Waals surface area contributed by atoms with Crippen LogP contribution in [0.25, 0.3) is 0 Å². The normalized spacial score (nSPS) is 15.1. The van der Waals surface area contributed by atoms with Crippen LogP contribution in [-0.4, -0.2) is 38.8 Å². The number of nitriles is 1. The molecular weight excluding hydrogens is 306 g/mol. The topological polar surface area (TPSA) is 113 Å². The molecule has 8 heteroatoms. The van der Waals surface area contributed by atoms with Gasteiger partial charge in [0, 0.05) is 31.7 Å². The summed E-state index contributed by atoms with van der Waals surface area (Å²) in [6.07, 6.45) is 1.60. The molecule has 0 bridgehead atoms. The second-order valence-electron chi connectivity index (χ2n) is 5.84. The van der Waals surface area contributed by atoms with E-state index in [4.69, 9.17) is 11.0 Å². The Kier molecular flexibility index (Phi) is 4.33. The number of carbonyl (C=O) groups is 1. The van der Waals surface area contributed by atoms with Gasteiger partial charge in [-0.3, -0.25) is 0 Å². The van der Waals surface area contributed by atoms with Crippen molar-refractivity contribution in [2.24, 2.45) is 7.05 Å². The summed E-state index contributed by atoms with van der Waals surface area (Å²) < 4.78 is 1.57. The maximum Gasteiger partial charge on any atom is 0.321 e. The minimum Gasteiger partial charge on any atom is -0.368 e. The Hall–Kier alpha value is -3.08. The molecule has 0 saturated carbocycles. The van der Waals surface area contributed by atoms with Crippen LogP contribution >= 0.6 is 0 Å². The molecule has 0 radical (unpaired) electrons. The summed E-state index contributed by atoms with van der Waals surface area (Å²) >= 11 is 0. The molecule has 1 saturated heterocycles. The third kappa shape index (κ3) is 3.30. The van der Waals surface area contributed by atoms with Crippen LogP contribution < -0.4 is 11.1 Å². The van der Waals surface area contributed by atoms with Gasteiger partial charge < -0.3 is 16.0 Å². The van der Waals surface area contributed by atoms with Gasteiger partial charge in [0.1, 0.15) is 0 Å². The number of piperidine rings is 1. The lowest BCUT2D eigenvalue weighted by atomic mass is 9.96. The number of rotatable bonds is 2. The van der Waals surface area contributed by atoms with E-state index in [1.807, 2.05) is 0 Å². The molecule has 1 aromatic heterocycles. The Morgan fingerprint density at radius 2 is 2.17 bits per heavy atom. The maximum atomic E-state index is 12.3. The smallest absolute Gasteiger partial charge is 0.321 e. The third-order valence-electron chi connectivity index (χ3n) is 4.20. The molecule has 0 spiro atoms. The average molecular weight is 325 g/mol. The lowest BCUT2D eigenvalue weighted by molar-refractivity contribution is 0.193. The largest absolute Gasteiger partial charge is 0.368 e. The standard InChI is InChI=1S/C16H19N7O/c1-22-15(18)20-14(21-22)12-5-7-23(8-6-12)16(24)19-13-4-2-3-11(9-13)10-17/h2-4,9,12H,5-8H2,1H3,(H,19,24)(H2,18,20,21). The molecule has 1 aliphatic rings. The molecule has 3 N–H and O–H groups in total. The molecule has 124 valence electrons. The number of amides is 2. The Bertz CT molecular complexity index is 764. The van der Waals surface area contributed by atoms with Crippen molar-refractivity contribution in [3.05, 3.63) is 35.7 Å². The first-order valence-electron chi connectivity index (χ1n) is 7.79. The molecule has 2 heterocycles. The number of nitrogens with one attached hydrogen (secondary N) is 1.